The highest BCUT2D eigenvalue weighted by molar-refractivity contribution is 5.85. The summed E-state index contributed by atoms with van der Waals surface area (Å²) in [5.74, 6) is 0.115. The molecule has 0 atom stereocenters. The summed E-state index contributed by atoms with van der Waals surface area (Å²) >= 11 is 0. The van der Waals surface area contributed by atoms with Crippen LogP contribution in [0, 0.1) is 15.3 Å². The number of hydrogen-bond donors (Lipinski definition) is 0. The van der Waals surface area contributed by atoms with E-state index in [0.29, 0.717) is 16.0 Å². The average molecular weight is 369 g/mol. The second-order valence-corrected chi connectivity index (χ2v) is 6.24. The van der Waals surface area contributed by atoms with Gasteiger partial charge in [0.25, 0.3) is 5.69 Å². The van der Waals surface area contributed by atoms with Gasteiger partial charge < -0.3 is 5.21 Å². The second-order valence-electron chi connectivity index (χ2n) is 6.24. The van der Waals surface area contributed by atoms with Crippen molar-refractivity contribution in [3.8, 4) is 11.4 Å². The first kappa shape index (κ1) is 17.4. The van der Waals surface area contributed by atoms with Gasteiger partial charge in [0, 0.05) is 18.2 Å². The summed E-state index contributed by atoms with van der Waals surface area (Å²) in [7, 11) is 0. The molecule has 4 aromatic rings. The molecule has 0 unspecified atom stereocenters. The zero-order valence-electron chi connectivity index (χ0n) is 14.7. The molecule has 0 fully saturated rings. The lowest BCUT2D eigenvalue weighted by Gasteiger charge is -2.09. The Morgan fingerprint density at radius 3 is 2.54 bits per heavy atom. The first-order valence-corrected chi connectivity index (χ1v) is 8.62. The van der Waals surface area contributed by atoms with Gasteiger partial charge in [-0.1, -0.05) is 48.5 Å². The van der Waals surface area contributed by atoms with E-state index in [1.54, 1.807) is 18.2 Å². The summed E-state index contributed by atoms with van der Waals surface area (Å²) in [6.45, 7) is 0. The van der Waals surface area contributed by atoms with Crippen molar-refractivity contribution in [1.82, 2.24) is 4.98 Å². The van der Waals surface area contributed by atoms with E-state index in [-0.39, 0.29) is 11.5 Å². The Hall–Kier alpha value is -4.06. The fourth-order valence-corrected chi connectivity index (χ4v) is 2.99. The Labute approximate surface area is 160 Å². The van der Waals surface area contributed by atoms with Gasteiger partial charge in [0.15, 0.2) is 0 Å². The van der Waals surface area contributed by atoms with Crippen LogP contribution in [0.2, 0.25) is 0 Å². The molecule has 6 nitrogen and oxygen atoms in total. The number of fused-ring (bicyclic) bond motifs is 1. The summed E-state index contributed by atoms with van der Waals surface area (Å²) in [4.78, 5) is 14.6. The number of nitrogens with zero attached hydrogens (tertiary/aromatic N) is 3. The van der Waals surface area contributed by atoms with Crippen LogP contribution in [-0.4, -0.2) is 9.91 Å². The van der Waals surface area contributed by atoms with E-state index in [0.717, 1.165) is 16.3 Å². The first-order valence-electron chi connectivity index (χ1n) is 8.62. The summed E-state index contributed by atoms with van der Waals surface area (Å²) in [5, 5.41) is 26.0. The molecule has 1 aromatic heterocycles. The molecular weight excluding hydrogens is 354 g/mol. The highest BCUT2D eigenvalue weighted by Crippen LogP contribution is 2.21. The molecule has 0 N–H and O–H groups in total. The highest BCUT2D eigenvalue weighted by Gasteiger charge is 2.16. The van der Waals surface area contributed by atoms with E-state index in [1.807, 2.05) is 48.5 Å². The number of nitro groups is 1. The van der Waals surface area contributed by atoms with E-state index in [4.69, 9.17) is 0 Å². The summed E-state index contributed by atoms with van der Waals surface area (Å²) in [6, 6.07) is 21.6. The Bertz CT molecular complexity index is 1220. The maximum atomic E-state index is 12.7. The zero-order valence-corrected chi connectivity index (χ0v) is 14.7. The molecule has 0 aliphatic heterocycles. The van der Waals surface area contributed by atoms with Gasteiger partial charge >= 0.3 is 5.82 Å². The van der Waals surface area contributed by atoms with Crippen LogP contribution >= 0.6 is 0 Å². The van der Waals surface area contributed by atoms with Crippen molar-refractivity contribution in [2.75, 3.05) is 0 Å². The quantitative estimate of drug-likeness (QED) is 0.227. The first-order chi connectivity index (χ1) is 13.6. The molecule has 0 radical (unpaired) electrons. The van der Waals surface area contributed by atoms with Crippen LogP contribution in [0.15, 0.2) is 79.0 Å². The molecule has 0 spiro atoms. The SMILES string of the molecule is O=[N+]([O-])c1cccc(-c2nccc(/C=C/c3ccc4ccccc4c3)[n+]2[O-])c1. The maximum absolute atomic E-state index is 12.7. The fraction of sp³-hybridized carbons (Fsp3) is 0. The van der Waals surface area contributed by atoms with Crippen molar-refractivity contribution in [1.29, 1.82) is 0 Å². The van der Waals surface area contributed by atoms with Crippen LogP contribution in [0.4, 0.5) is 5.69 Å². The molecular formula is C22H15N3O3. The van der Waals surface area contributed by atoms with Gasteiger partial charge in [-0.15, -0.1) is 0 Å². The number of non-ortho nitro benzene ring substituents is 1. The fourth-order valence-electron chi connectivity index (χ4n) is 2.99. The molecule has 0 amide bonds. The summed E-state index contributed by atoms with van der Waals surface area (Å²) in [5.41, 5.74) is 1.67. The molecule has 3 aromatic carbocycles. The normalized spacial score (nSPS) is 11.1. The van der Waals surface area contributed by atoms with Gasteiger partial charge in [-0.3, -0.25) is 10.1 Å². The van der Waals surface area contributed by atoms with Crippen LogP contribution in [0.1, 0.15) is 11.3 Å². The monoisotopic (exact) mass is 369 g/mol. The van der Waals surface area contributed by atoms with Crippen LogP contribution < -0.4 is 4.73 Å². The lowest BCUT2D eigenvalue weighted by molar-refractivity contribution is -0.598. The Balaban J connectivity index is 1.69. The lowest BCUT2D eigenvalue weighted by atomic mass is 10.1. The van der Waals surface area contributed by atoms with Crippen molar-refractivity contribution in [2.24, 2.45) is 0 Å². The largest absolute Gasteiger partial charge is 0.710 e. The third kappa shape index (κ3) is 3.43. The number of nitro benzene ring substituents is 1. The molecule has 1 heterocycles. The molecule has 0 bridgehead atoms. The van der Waals surface area contributed by atoms with Crippen molar-refractivity contribution < 1.29 is 9.65 Å². The van der Waals surface area contributed by atoms with Gasteiger partial charge in [0.2, 0.25) is 0 Å². The predicted molar refractivity (Wildman–Crippen MR) is 108 cm³/mol. The standard InChI is InChI=1S/C22H15N3O3/c26-24-20(11-9-16-8-10-17-4-1-2-5-18(17)14-16)12-13-23-22(24)19-6-3-7-21(15-19)25(27)28/h1-15H/b11-9+. The molecule has 28 heavy (non-hydrogen) atoms. The van der Waals surface area contributed by atoms with E-state index < -0.39 is 4.92 Å². The van der Waals surface area contributed by atoms with Crippen LogP contribution in [0.5, 0.6) is 0 Å². The smallest absolute Gasteiger partial charge is 0.333 e. The second kappa shape index (κ2) is 7.28. The number of hydrogen-bond acceptors (Lipinski definition) is 4. The van der Waals surface area contributed by atoms with Crippen LogP contribution in [0.3, 0.4) is 0 Å². The van der Waals surface area contributed by atoms with Gasteiger partial charge in [-0.05, 0) is 39.5 Å². The van der Waals surface area contributed by atoms with E-state index in [2.05, 4.69) is 4.98 Å². The lowest BCUT2D eigenvalue weighted by Crippen LogP contribution is -2.33. The minimum Gasteiger partial charge on any atom is -0.710 e. The van der Waals surface area contributed by atoms with E-state index in [9.17, 15) is 15.3 Å². The van der Waals surface area contributed by atoms with Gasteiger partial charge in [0.05, 0.1) is 10.5 Å². The molecule has 0 aliphatic rings. The molecule has 0 saturated heterocycles. The minimum absolute atomic E-state index is 0.0867. The van der Waals surface area contributed by atoms with Crippen molar-refractivity contribution in [3.05, 3.63) is 106 Å². The number of rotatable bonds is 4. The average Bonchev–Trinajstić information content (AvgIpc) is 2.73. The third-order valence-corrected chi connectivity index (χ3v) is 4.40. The highest BCUT2D eigenvalue weighted by atomic mass is 16.6. The van der Waals surface area contributed by atoms with Crippen LogP contribution in [-0.2, 0) is 0 Å². The van der Waals surface area contributed by atoms with E-state index >= 15 is 0 Å². The molecule has 136 valence electrons. The minimum atomic E-state index is -0.498. The third-order valence-electron chi connectivity index (χ3n) is 4.40. The van der Waals surface area contributed by atoms with Gasteiger partial charge in [0.1, 0.15) is 11.9 Å². The zero-order chi connectivity index (χ0) is 19.5. The van der Waals surface area contributed by atoms with Crippen molar-refractivity contribution in [2.45, 2.75) is 0 Å². The topological polar surface area (TPSA) is 83.0 Å². The Kier molecular flexibility index (Phi) is 4.51. The maximum Gasteiger partial charge on any atom is 0.333 e. The van der Waals surface area contributed by atoms with E-state index in [1.165, 1.54) is 24.4 Å². The summed E-state index contributed by atoms with van der Waals surface area (Å²) < 4.78 is 0.677. The summed E-state index contributed by atoms with van der Waals surface area (Å²) in [6.07, 6.45) is 5.08. The van der Waals surface area contributed by atoms with Gasteiger partial charge in [-0.2, -0.15) is 0 Å². The van der Waals surface area contributed by atoms with Crippen molar-refractivity contribution in [3.63, 3.8) is 0 Å². The molecule has 6 heteroatoms. The Morgan fingerprint density at radius 1 is 0.893 bits per heavy atom. The Morgan fingerprint density at radius 2 is 1.71 bits per heavy atom. The van der Waals surface area contributed by atoms with Crippen molar-refractivity contribution >= 4 is 28.6 Å². The molecule has 0 saturated carbocycles. The number of aromatic nitrogens is 2. The molecule has 0 aliphatic carbocycles. The predicted octanol–water partition coefficient (Wildman–Crippen LogP) is 4.61. The molecule has 4 rings (SSSR count). The van der Waals surface area contributed by atoms with Gasteiger partial charge in [-0.25, -0.2) is 4.73 Å². The number of benzene rings is 3. The van der Waals surface area contributed by atoms with Crippen LogP contribution in [0.25, 0.3) is 34.3 Å².